The summed E-state index contributed by atoms with van der Waals surface area (Å²) in [6.07, 6.45) is 0. The minimum absolute atomic E-state index is 0.604. The van der Waals surface area contributed by atoms with Gasteiger partial charge in [-0.15, -0.1) is 0 Å². The van der Waals surface area contributed by atoms with E-state index in [0.717, 1.165) is 66.4 Å². The van der Waals surface area contributed by atoms with Crippen molar-refractivity contribution in [3.63, 3.8) is 0 Å². The molecule has 5 nitrogen and oxygen atoms in total. The maximum atomic E-state index is 6.46. The molecule has 7 aromatic carbocycles. The van der Waals surface area contributed by atoms with Gasteiger partial charge in [-0.05, 0) is 51.9 Å². The lowest BCUT2D eigenvalue weighted by atomic mass is 9.95. The first-order chi connectivity index (χ1) is 24.3. The fraction of sp³-hybridized carbons (Fsp3) is 0. The van der Waals surface area contributed by atoms with E-state index in [2.05, 4.69) is 84.9 Å². The van der Waals surface area contributed by atoms with Crippen molar-refractivity contribution in [2.24, 2.45) is 0 Å². The zero-order valence-electron chi connectivity index (χ0n) is 26.4. The van der Waals surface area contributed by atoms with Gasteiger partial charge in [0.1, 0.15) is 5.52 Å². The summed E-state index contributed by atoms with van der Waals surface area (Å²) >= 11 is 0. The van der Waals surface area contributed by atoms with E-state index in [1.165, 1.54) is 0 Å². The maximum absolute atomic E-state index is 6.46. The minimum Gasteiger partial charge on any atom is -0.435 e. The van der Waals surface area contributed by atoms with Crippen molar-refractivity contribution >= 4 is 21.9 Å². The Bertz CT molecular complexity index is 2550. The normalized spacial score (nSPS) is 11.3. The van der Waals surface area contributed by atoms with E-state index in [9.17, 15) is 0 Å². The van der Waals surface area contributed by atoms with Crippen LogP contribution in [0.15, 0.2) is 174 Å². The molecule has 230 valence electrons. The van der Waals surface area contributed by atoms with Crippen LogP contribution in [0.3, 0.4) is 0 Å². The van der Waals surface area contributed by atoms with Gasteiger partial charge in [-0.25, -0.2) is 19.9 Å². The monoisotopic (exact) mass is 628 g/mol. The number of nitrogens with zero attached hydrogens (tertiary/aromatic N) is 4. The molecule has 0 N–H and O–H groups in total. The molecule has 5 heteroatoms. The average molecular weight is 629 g/mol. The summed E-state index contributed by atoms with van der Waals surface area (Å²) < 4.78 is 6.46. The molecule has 0 unspecified atom stereocenters. The van der Waals surface area contributed by atoms with Crippen molar-refractivity contribution in [2.75, 3.05) is 0 Å². The molecule has 0 aliphatic rings. The van der Waals surface area contributed by atoms with Crippen LogP contribution in [-0.2, 0) is 0 Å². The molecular weight excluding hydrogens is 601 g/mol. The third kappa shape index (κ3) is 5.43. The average Bonchev–Trinajstić information content (AvgIpc) is 3.64. The number of benzene rings is 7. The molecule has 0 aliphatic carbocycles. The van der Waals surface area contributed by atoms with Crippen molar-refractivity contribution in [3.8, 4) is 67.9 Å². The Hall–Kier alpha value is -6.72. The highest BCUT2D eigenvalue weighted by atomic mass is 16.3. The smallest absolute Gasteiger partial charge is 0.227 e. The maximum Gasteiger partial charge on any atom is 0.227 e. The molecule has 0 fully saturated rings. The van der Waals surface area contributed by atoms with Crippen LogP contribution in [0.25, 0.3) is 89.7 Å². The van der Waals surface area contributed by atoms with Crippen LogP contribution < -0.4 is 0 Å². The summed E-state index contributed by atoms with van der Waals surface area (Å²) in [5, 5.41) is 2.19. The largest absolute Gasteiger partial charge is 0.435 e. The lowest BCUT2D eigenvalue weighted by molar-refractivity contribution is 0.623. The van der Waals surface area contributed by atoms with E-state index in [1.807, 2.05) is 84.9 Å². The molecule has 0 saturated heterocycles. The van der Waals surface area contributed by atoms with Crippen LogP contribution in [0.4, 0.5) is 0 Å². The van der Waals surface area contributed by atoms with Crippen molar-refractivity contribution in [1.29, 1.82) is 0 Å². The van der Waals surface area contributed by atoms with Crippen molar-refractivity contribution in [1.82, 2.24) is 19.9 Å². The molecule has 2 aromatic heterocycles. The van der Waals surface area contributed by atoms with Crippen molar-refractivity contribution in [2.45, 2.75) is 0 Å². The van der Waals surface area contributed by atoms with E-state index in [4.69, 9.17) is 24.4 Å². The summed E-state index contributed by atoms with van der Waals surface area (Å²) in [6.45, 7) is 0. The molecule has 0 amide bonds. The van der Waals surface area contributed by atoms with E-state index >= 15 is 0 Å². The number of oxazole rings is 1. The van der Waals surface area contributed by atoms with Gasteiger partial charge in [0.25, 0.3) is 0 Å². The highest BCUT2D eigenvalue weighted by Gasteiger charge is 2.17. The Kier molecular flexibility index (Phi) is 7.06. The van der Waals surface area contributed by atoms with Crippen LogP contribution in [0.1, 0.15) is 0 Å². The highest BCUT2D eigenvalue weighted by molar-refractivity contribution is 6.03. The number of fused-ring (bicyclic) bond motifs is 3. The predicted octanol–water partition coefficient (Wildman–Crippen LogP) is 11.2. The summed E-state index contributed by atoms with van der Waals surface area (Å²) in [5.41, 5.74) is 9.66. The van der Waals surface area contributed by atoms with E-state index in [-0.39, 0.29) is 0 Å². The molecule has 0 spiro atoms. The summed E-state index contributed by atoms with van der Waals surface area (Å²) in [5.74, 6) is 2.51. The second-order valence-corrected chi connectivity index (χ2v) is 11.9. The molecule has 0 saturated carbocycles. The lowest BCUT2D eigenvalue weighted by Gasteiger charge is -2.11. The highest BCUT2D eigenvalue weighted by Crippen LogP contribution is 2.37. The van der Waals surface area contributed by atoms with Gasteiger partial charge in [0.15, 0.2) is 23.1 Å². The van der Waals surface area contributed by atoms with Gasteiger partial charge in [-0.2, -0.15) is 0 Å². The van der Waals surface area contributed by atoms with E-state index in [1.54, 1.807) is 0 Å². The number of hydrogen-bond donors (Lipinski definition) is 0. The number of aromatic nitrogens is 4. The molecule has 9 rings (SSSR count). The van der Waals surface area contributed by atoms with Crippen LogP contribution >= 0.6 is 0 Å². The first-order valence-corrected chi connectivity index (χ1v) is 16.2. The standard InChI is InChI=1S/C44H28N4O/c1-3-14-30(15-4-1)41-46-42(31-16-5-2-6-17-31)48-43(47-41)35-21-12-19-33(28-35)32-18-11-20-34(27-32)36-22-9-10-24-38(36)44-45-39-26-25-29-13-7-8-23-37(29)40(39)49-44/h1-28H. The van der Waals surface area contributed by atoms with E-state index < -0.39 is 0 Å². The Morgan fingerprint density at radius 2 is 0.857 bits per heavy atom. The van der Waals surface area contributed by atoms with Crippen LogP contribution in [0.2, 0.25) is 0 Å². The molecule has 9 aromatic rings. The van der Waals surface area contributed by atoms with Crippen molar-refractivity contribution in [3.05, 3.63) is 170 Å². The number of hydrogen-bond acceptors (Lipinski definition) is 5. The van der Waals surface area contributed by atoms with Gasteiger partial charge in [0.2, 0.25) is 5.89 Å². The molecule has 0 atom stereocenters. The lowest BCUT2D eigenvalue weighted by Crippen LogP contribution is -2.00. The van der Waals surface area contributed by atoms with Gasteiger partial charge in [-0.3, -0.25) is 0 Å². The quantitative estimate of drug-likeness (QED) is 0.183. The van der Waals surface area contributed by atoms with Crippen LogP contribution in [0.5, 0.6) is 0 Å². The second-order valence-electron chi connectivity index (χ2n) is 11.9. The van der Waals surface area contributed by atoms with Gasteiger partial charge < -0.3 is 4.42 Å². The fourth-order valence-corrected chi connectivity index (χ4v) is 6.33. The van der Waals surface area contributed by atoms with Crippen LogP contribution in [-0.4, -0.2) is 19.9 Å². The predicted molar refractivity (Wildman–Crippen MR) is 198 cm³/mol. The van der Waals surface area contributed by atoms with Crippen LogP contribution in [0, 0.1) is 0 Å². The second kappa shape index (κ2) is 12.1. The van der Waals surface area contributed by atoms with Gasteiger partial charge in [-0.1, -0.05) is 146 Å². The summed E-state index contributed by atoms with van der Waals surface area (Å²) in [4.78, 5) is 19.7. The van der Waals surface area contributed by atoms with Crippen molar-refractivity contribution < 1.29 is 4.42 Å². The topological polar surface area (TPSA) is 64.7 Å². The molecule has 49 heavy (non-hydrogen) atoms. The Balaban J connectivity index is 1.11. The Labute approximate surface area is 283 Å². The van der Waals surface area contributed by atoms with Gasteiger partial charge in [0.05, 0.1) is 0 Å². The SMILES string of the molecule is c1ccc(-c2nc(-c3ccccc3)nc(-c3cccc(-c4cccc(-c5ccccc5-c5nc6ccc7ccccc7c6o5)c4)c3)n2)cc1. The third-order valence-corrected chi connectivity index (χ3v) is 8.76. The number of rotatable bonds is 6. The molecular formula is C44H28N4O. The molecule has 0 radical (unpaired) electrons. The minimum atomic E-state index is 0.604. The zero-order chi connectivity index (χ0) is 32.6. The summed E-state index contributed by atoms with van der Waals surface area (Å²) in [7, 11) is 0. The Morgan fingerprint density at radius 1 is 0.347 bits per heavy atom. The molecule has 0 aliphatic heterocycles. The molecule has 0 bridgehead atoms. The van der Waals surface area contributed by atoms with E-state index in [0.29, 0.717) is 23.4 Å². The Morgan fingerprint density at radius 3 is 1.55 bits per heavy atom. The third-order valence-electron chi connectivity index (χ3n) is 8.76. The van der Waals surface area contributed by atoms with Gasteiger partial charge in [0, 0.05) is 27.6 Å². The van der Waals surface area contributed by atoms with Gasteiger partial charge >= 0.3 is 0 Å². The fourth-order valence-electron chi connectivity index (χ4n) is 6.33. The molecule has 2 heterocycles. The zero-order valence-corrected chi connectivity index (χ0v) is 26.4. The first kappa shape index (κ1) is 28.5. The summed E-state index contributed by atoms with van der Waals surface area (Å²) in [6, 6.07) is 57.7. The first-order valence-electron chi connectivity index (χ1n) is 16.2.